The van der Waals surface area contributed by atoms with Gasteiger partial charge in [-0.15, -0.1) is 0 Å². The zero-order chi connectivity index (χ0) is 37.4. The highest BCUT2D eigenvalue weighted by Crippen LogP contribution is 2.42. The predicted molar refractivity (Wildman–Crippen MR) is 191 cm³/mol. The maximum atomic E-state index is 15.3. The first-order valence-corrected chi connectivity index (χ1v) is 17.4. The smallest absolute Gasteiger partial charge is 0.416 e. The lowest BCUT2D eigenvalue weighted by molar-refractivity contribution is -0.138. The van der Waals surface area contributed by atoms with E-state index >= 15 is 4.39 Å². The molecule has 1 N–H and O–H groups in total. The average Bonchev–Trinajstić information content (AvgIpc) is 3.43. The normalized spacial score (nSPS) is 16.2. The van der Waals surface area contributed by atoms with Gasteiger partial charge < -0.3 is 10.1 Å². The van der Waals surface area contributed by atoms with Crippen molar-refractivity contribution in [3.8, 4) is 0 Å². The van der Waals surface area contributed by atoms with E-state index in [1.807, 2.05) is 24.3 Å². The number of amides is 1. The Kier molecular flexibility index (Phi) is 10.3. The Bertz CT molecular complexity index is 2110. The number of alkyl halides is 3. The van der Waals surface area contributed by atoms with E-state index in [2.05, 4.69) is 10.2 Å². The fourth-order valence-electron chi connectivity index (χ4n) is 7.11. The number of alkyl carbamates (subject to hydrolysis) is 1. The maximum absolute atomic E-state index is 15.3. The summed E-state index contributed by atoms with van der Waals surface area (Å²) in [6, 6.07) is 17.9. The maximum Gasteiger partial charge on any atom is 0.416 e. The van der Waals surface area contributed by atoms with Gasteiger partial charge in [0.25, 0.3) is 5.56 Å². The number of piperidine rings is 1. The van der Waals surface area contributed by atoms with Crippen LogP contribution in [0.3, 0.4) is 0 Å². The van der Waals surface area contributed by atoms with Crippen LogP contribution >= 0.6 is 11.6 Å². The number of rotatable bonds is 8. The van der Waals surface area contributed by atoms with Crippen LogP contribution in [-0.4, -0.2) is 38.8 Å². The van der Waals surface area contributed by atoms with Crippen LogP contribution in [-0.2, 0) is 36.0 Å². The van der Waals surface area contributed by atoms with E-state index in [1.165, 1.54) is 0 Å². The number of nitrogens with one attached hydrogen (secondary N) is 1. The molecule has 1 saturated heterocycles. The van der Waals surface area contributed by atoms with Gasteiger partial charge in [0.05, 0.1) is 36.0 Å². The third-order valence-corrected chi connectivity index (χ3v) is 9.80. The van der Waals surface area contributed by atoms with Crippen LogP contribution in [0.15, 0.2) is 88.5 Å². The summed E-state index contributed by atoms with van der Waals surface area (Å²) in [6.45, 7) is 5.71. The molecule has 4 aromatic rings. The van der Waals surface area contributed by atoms with Crippen molar-refractivity contribution in [2.24, 2.45) is 0 Å². The molecule has 2 aliphatic rings. The molecule has 6 rings (SSSR count). The topological polar surface area (TPSA) is 85.6 Å². The number of carbonyl (C=O) groups is 1. The quantitative estimate of drug-likeness (QED) is 0.188. The number of hydrogen-bond donors (Lipinski definition) is 1. The molecule has 0 radical (unpaired) electrons. The third-order valence-electron chi connectivity index (χ3n) is 9.57. The number of nitrogens with zero attached hydrogens (tertiary/aromatic N) is 3. The molecular weight excluding hydrogens is 700 g/mol. The molecule has 2 heterocycles. The minimum atomic E-state index is -4.90. The SMILES string of the molecule is CC(C)(C)OC(=O)N[C@@H](Cn1c(=O)c2c(n(Cc3c(F)cccc3C(F)(F)F)c1=O)C=CC21CCN(Cc2cccc(Cl)c2)CC1)c1ccccc1. The summed E-state index contributed by atoms with van der Waals surface area (Å²) < 4.78 is 65.2. The van der Waals surface area contributed by atoms with E-state index in [-0.39, 0.29) is 17.8 Å². The second kappa shape index (κ2) is 14.4. The van der Waals surface area contributed by atoms with Crippen molar-refractivity contribution in [3.05, 3.63) is 144 Å². The van der Waals surface area contributed by atoms with Crippen LogP contribution in [0.1, 0.15) is 73.2 Å². The average molecular weight is 739 g/mol. The summed E-state index contributed by atoms with van der Waals surface area (Å²) >= 11 is 6.20. The number of ether oxygens (including phenoxy) is 1. The van der Waals surface area contributed by atoms with Gasteiger partial charge in [0.2, 0.25) is 0 Å². The van der Waals surface area contributed by atoms with Gasteiger partial charge in [-0.05, 0) is 88.2 Å². The molecule has 8 nitrogen and oxygen atoms in total. The number of halogens is 5. The van der Waals surface area contributed by atoms with Crippen molar-refractivity contribution in [3.63, 3.8) is 0 Å². The largest absolute Gasteiger partial charge is 0.444 e. The van der Waals surface area contributed by atoms with Gasteiger partial charge in [-0.3, -0.25) is 18.8 Å². The van der Waals surface area contributed by atoms with Crippen molar-refractivity contribution in [2.45, 2.75) is 76.5 Å². The van der Waals surface area contributed by atoms with Gasteiger partial charge in [0.15, 0.2) is 0 Å². The molecule has 1 aliphatic carbocycles. The van der Waals surface area contributed by atoms with Crippen molar-refractivity contribution in [1.29, 1.82) is 0 Å². The van der Waals surface area contributed by atoms with Crippen LogP contribution < -0.4 is 16.6 Å². The molecule has 3 aromatic carbocycles. The Morgan fingerprint density at radius 2 is 1.63 bits per heavy atom. The van der Waals surface area contributed by atoms with Crippen molar-refractivity contribution in [1.82, 2.24) is 19.4 Å². The van der Waals surface area contributed by atoms with Gasteiger partial charge >= 0.3 is 18.0 Å². The highest BCUT2D eigenvalue weighted by Gasteiger charge is 2.43. The van der Waals surface area contributed by atoms with Crippen LogP contribution in [0.2, 0.25) is 5.02 Å². The van der Waals surface area contributed by atoms with E-state index in [4.69, 9.17) is 16.3 Å². The molecule has 52 heavy (non-hydrogen) atoms. The molecule has 0 bridgehead atoms. The highest BCUT2D eigenvalue weighted by atomic mass is 35.5. The molecule has 1 atom stereocenters. The third kappa shape index (κ3) is 7.88. The van der Waals surface area contributed by atoms with E-state index in [1.54, 1.807) is 63.2 Å². The molecule has 0 unspecified atom stereocenters. The zero-order valence-electron chi connectivity index (χ0n) is 29.0. The van der Waals surface area contributed by atoms with E-state index in [9.17, 15) is 27.6 Å². The van der Waals surface area contributed by atoms with Gasteiger partial charge in [0.1, 0.15) is 11.4 Å². The molecular formula is C39H39ClF4N4O4. The second-order valence-corrected chi connectivity index (χ2v) is 14.7. The Balaban J connectivity index is 1.45. The van der Waals surface area contributed by atoms with E-state index in [0.717, 1.165) is 32.9 Å². The number of carbonyl (C=O) groups excluding carboxylic acids is 1. The van der Waals surface area contributed by atoms with Gasteiger partial charge in [-0.25, -0.2) is 14.0 Å². The molecule has 0 saturated carbocycles. The Morgan fingerprint density at radius 3 is 2.29 bits per heavy atom. The van der Waals surface area contributed by atoms with Gasteiger partial charge in [-0.2, -0.15) is 13.2 Å². The van der Waals surface area contributed by atoms with Crippen LogP contribution in [0.4, 0.5) is 22.4 Å². The van der Waals surface area contributed by atoms with Gasteiger partial charge in [-0.1, -0.05) is 66.2 Å². The molecule has 13 heteroatoms. The monoisotopic (exact) mass is 738 g/mol. The number of benzene rings is 3. The van der Waals surface area contributed by atoms with Crippen LogP contribution in [0, 0.1) is 5.82 Å². The fourth-order valence-corrected chi connectivity index (χ4v) is 7.32. The number of allylic oxidation sites excluding steroid dienone is 1. The molecule has 1 aromatic heterocycles. The number of hydrogen-bond acceptors (Lipinski definition) is 5. The second-order valence-electron chi connectivity index (χ2n) is 14.3. The molecule has 274 valence electrons. The molecule has 1 aliphatic heterocycles. The lowest BCUT2D eigenvalue weighted by atomic mass is 9.75. The molecule has 1 spiro atoms. The zero-order valence-corrected chi connectivity index (χ0v) is 29.7. The van der Waals surface area contributed by atoms with Crippen LogP contribution in [0.5, 0.6) is 0 Å². The predicted octanol–water partition coefficient (Wildman–Crippen LogP) is 7.70. The minimum Gasteiger partial charge on any atom is -0.444 e. The summed E-state index contributed by atoms with van der Waals surface area (Å²) in [5.41, 5.74) is -3.21. The first-order valence-electron chi connectivity index (χ1n) is 17.0. The number of fused-ring (bicyclic) bond motifs is 2. The first-order chi connectivity index (χ1) is 24.5. The van der Waals surface area contributed by atoms with Crippen molar-refractivity contribution < 1.29 is 27.1 Å². The Morgan fingerprint density at radius 1 is 0.942 bits per heavy atom. The lowest BCUT2D eigenvalue weighted by Gasteiger charge is -2.39. The Labute approximate surface area is 303 Å². The summed E-state index contributed by atoms with van der Waals surface area (Å²) in [4.78, 5) is 44.3. The Hall–Kier alpha value is -4.68. The summed E-state index contributed by atoms with van der Waals surface area (Å²) in [6.07, 6.45) is -1.29. The molecule has 1 fully saturated rings. The van der Waals surface area contributed by atoms with E-state index < -0.39 is 64.1 Å². The number of likely N-dealkylation sites (tertiary alicyclic amines) is 1. The van der Waals surface area contributed by atoms with Crippen LogP contribution in [0.25, 0.3) is 6.08 Å². The minimum absolute atomic E-state index is 0.141. The first kappa shape index (κ1) is 37.1. The van der Waals surface area contributed by atoms with Crippen molar-refractivity contribution in [2.75, 3.05) is 13.1 Å². The standard InChI is InChI=1S/C39H39ClF4N4O4/c1-37(2,3)52-35(50)45-31(26-10-5-4-6-11-26)24-48-34(49)33-32(47(36(48)51)23-28-29(39(42,43)44)13-8-14-30(28)41)15-16-38(33)17-19-46(20-18-38)22-25-9-7-12-27(40)21-25/h4-16,21,31H,17-20,22-24H2,1-3H3,(H,45,50)/t31-/m0/s1. The summed E-state index contributed by atoms with van der Waals surface area (Å²) in [7, 11) is 0. The van der Waals surface area contributed by atoms with Crippen molar-refractivity contribution >= 4 is 23.8 Å². The summed E-state index contributed by atoms with van der Waals surface area (Å²) in [5.74, 6) is -1.13. The summed E-state index contributed by atoms with van der Waals surface area (Å²) in [5, 5.41) is 3.38. The highest BCUT2D eigenvalue weighted by molar-refractivity contribution is 6.30. The van der Waals surface area contributed by atoms with E-state index in [0.29, 0.717) is 43.1 Å². The van der Waals surface area contributed by atoms with Gasteiger partial charge in [0, 0.05) is 22.5 Å². The fraction of sp³-hybridized carbons (Fsp3) is 0.359. The lowest BCUT2D eigenvalue weighted by Crippen LogP contribution is -2.50. The molecule has 1 amide bonds. The number of aromatic nitrogens is 2.